The second-order valence-electron chi connectivity index (χ2n) is 6.17. The second-order valence-corrected chi connectivity index (χ2v) is 6.17. The van der Waals surface area contributed by atoms with E-state index in [0.29, 0.717) is 24.6 Å². The van der Waals surface area contributed by atoms with Gasteiger partial charge in [-0.3, -0.25) is 9.69 Å². The number of aliphatic carboxylic acids is 1. The van der Waals surface area contributed by atoms with Crippen molar-refractivity contribution >= 4 is 5.97 Å². The summed E-state index contributed by atoms with van der Waals surface area (Å²) >= 11 is 0. The van der Waals surface area contributed by atoms with Crippen molar-refractivity contribution < 1.29 is 15.0 Å². The van der Waals surface area contributed by atoms with Crippen molar-refractivity contribution in [2.24, 2.45) is 5.92 Å². The summed E-state index contributed by atoms with van der Waals surface area (Å²) in [7, 11) is 0. The fourth-order valence-electron chi connectivity index (χ4n) is 3.15. The number of rotatable bonds is 5. The third kappa shape index (κ3) is 3.68. The van der Waals surface area contributed by atoms with Crippen molar-refractivity contribution in [1.82, 2.24) is 9.47 Å². The molecule has 1 aromatic heterocycles. The highest BCUT2D eigenvalue weighted by Gasteiger charge is 2.23. The normalized spacial score (nSPS) is 20.7. The molecular formula is C16H24N2O4. The molecule has 0 bridgehead atoms. The second kappa shape index (κ2) is 6.96. The minimum atomic E-state index is -0.959. The number of carbonyl (C=O) groups is 1. The summed E-state index contributed by atoms with van der Waals surface area (Å²) < 4.78 is 1.53. The van der Waals surface area contributed by atoms with E-state index in [4.69, 9.17) is 0 Å². The molecule has 1 fully saturated rings. The Morgan fingerprint density at radius 1 is 1.50 bits per heavy atom. The maximum absolute atomic E-state index is 11.7. The lowest BCUT2D eigenvalue weighted by molar-refractivity contribution is -0.141. The van der Waals surface area contributed by atoms with E-state index in [1.165, 1.54) is 23.3 Å². The van der Waals surface area contributed by atoms with Gasteiger partial charge in [0.1, 0.15) is 6.04 Å². The van der Waals surface area contributed by atoms with Gasteiger partial charge in [0.2, 0.25) is 5.43 Å². The highest BCUT2D eigenvalue weighted by molar-refractivity contribution is 5.72. The van der Waals surface area contributed by atoms with Crippen LogP contribution in [0.5, 0.6) is 5.75 Å². The SMILES string of the molecule is CCC(C(=O)O)n1cc(O)c(=O)cc1CN1CCCC(C)C1. The molecule has 1 aliphatic heterocycles. The molecule has 0 aliphatic carbocycles. The first-order valence-corrected chi connectivity index (χ1v) is 7.81. The smallest absolute Gasteiger partial charge is 0.326 e. The number of hydrogen-bond acceptors (Lipinski definition) is 4. The summed E-state index contributed by atoms with van der Waals surface area (Å²) in [5.41, 5.74) is 0.183. The van der Waals surface area contributed by atoms with E-state index in [1.807, 2.05) is 0 Å². The molecule has 0 amide bonds. The van der Waals surface area contributed by atoms with Crippen molar-refractivity contribution in [3.8, 4) is 5.75 Å². The van der Waals surface area contributed by atoms with Crippen molar-refractivity contribution in [3.63, 3.8) is 0 Å². The molecule has 22 heavy (non-hydrogen) atoms. The first-order valence-electron chi connectivity index (χ1n) is 7.81. The maximum atomic E-state index is 11.7. The van der Waals surface area contributed by atoms with Crippen molar-refractivity contribution in [1.29, 1.82) is 0 Å². The van der Waals surface area contributed by atoms with Crippen LogP contribution < -0.4 is 5.43 Å². The number of piperidine rings is 1. The molecule has 0 radical (unpaired) electrons. The van der Waals surface area contributed by atoms with Gasteiger partial charge in [-0.2, -0.15) is 0 Å². The van der Waals surface area contributed by atoms with Gasteiger partial charge in [0.05, 0.1) is 6.20 Å². The summed E-state index contributed by atoms with van der Waals surface area (Å²) in [5.74, 6) is -0.762. The summed E-state index contributed by atoms with van der Waals surface area (Å²) in [6.45, 7) is 6.40. The molecule has 2 atom stereocenters. The van der Waals surface area contributed by atoms with Crippen LogP contribution in [0.25, 0.3) is 0 Å². The molecule has 1 saturated heterocycles. The molecule has 2 unspecified atom stereocenters. The van der Waals surface area contributed by atoms with Gasteiger partial charge < -0.3 is 14.8 Å². The Kier molecular flexibility index (Phi) is 5.24. The topological polar surface area (TPSA) is 82.8 Å². The van der Waals surface area contributed by atoms with Crippen LogP contribution in [0, 0.1) is 5.92 Å². The summed E-state index contributed by atoms with van der Waals surface area (Å²) in [6, 6.07) is 0.587. The van der Waals surface area contributed by atoms with E-state index < -0.39 is 23.2 Å². The van der Waals surface area contributed by atoms with Gasteiger partial charge in [-0.1, -0.05) is 13.8 Å². The standard InChI is InChI=1S/C16H24N2O4/c1-3-13(16(21)22)18-10-15(20)14(19)7-12(18)9-17-6-4-5-11(2)8-17/h7,10-11,13,20H,3-6,8-9H2,1-2H3,(H,21,22). The highest BCUT2D eigenvalue weighted by atomic mass is 16.4. The number of pyridine rings is 1. The van der Waals surface area contributed by atoms with E-state index >= 15 is 0 Å². The summed E-state index contributed by atoms with van der Waals surface area (Å²) in [6.07, 6.45) is 3.96. The molecule has 2 N–H and O–H groups in total. The Balaban J connectivity index is 2.34. The maximum Gasteiger partial charge on any atom is 0.326 e. The third-order valence-corrected chi connectivity index (χ3v) is 4.28. The number of carboxylic acids is 1. The van der Waals surface area contributed by atoms with Crippen LogP contribution in [0.2, 0.25) is 0 Å². The Morgan fingerprint density at radius 2 is 2.23 bits per heavy atom. The molecule has 6 heteroatoms. The molecule has 1 aromatic rings. The van der Waals surface area contributed by atoms with E-state index in [9.17, 15) is 19.8 Å². The van der Waals surface area contributed by atoms with Crippen LogP contribution in [0.1, 0.15) is 44.8 Å². The molecule has 0 spiro atoms. The van der Waals surface area contributed by atoms with Crippen molar-refractivity contribution in [2.45, 2.75) is 45.7 Å². The minimum Gasteiger partial charge on any atom is -0.503 e. The lowest BCUT2D eigenvalue weighted by atomic mass is 10.00. The van der Waals surface area contributed by atoms with E-state index in [2.05, 4.69) is 11.8 Å². The quantitative estimate of drug-likeness (QED) is 0.867. The van der Waals surface area contributed by atoms with Gasteiger partial charge >= 0.3 is 5.97 Å². The third-order valence-electron chi connectivity index (χ3n) is 4.28. The van der Waals surface area contributed by atoms with Crippen LogP contribution in [-0.2, 0) is 11.3 Å². The van der Waals surface area contributed by atoms with E-state index in [1.54, 1.807) is 6.92 Å². The van der Waals surface area contributed by atoms with Crippen molar-refractivity contribution in [2.75, 3.05) is 13.1 Å². The summed E-state index contributed by atoms with van der Waals surface area (Å²) in [5, 5.41) is 19.0. The summed E-state index contributed by atoms with van der Waals surface area (Å²) in [4.78, 5) is 25.4. The molecule has 0 aromatic carbocycles. The zero-order valence-electron chi connectivity index (χ0n) is 13.2. The minimum absolute atomic E-state index is 0.390. The Bertz CT molecular complexity index is 596. The molecule has 2 rings (SSSR count). The van der Waals surface area contributed by atoms with Gasteiger partial charge in [0.25, 0.3) is 0 Å². The Labute approximate surface area is 130 Å². The number of likely N-dealkylation sites (tertiary alicyclic amines) is 1. The van der Waals surface area contributed by atoms with E-state index in [0.717, 1.165) is 19.5 Å². The van der Waals surface area contributed by atoms with E-state index in [-0.39, 0.29) is 0 Å². The van der Waals surface area contributed by atoms with Gasteiger partial charge in [0.15, 0.2) is 5.75 Å². The molecule has 6 nitrogen and oxygen atoms in total. The van der Waals surface area contributed by atoms with Crippen LogP contribution in [0.15, 0.2) is 17.1 Å². The average Bonchev–Trinajstić information content (AvgIpc) is 2.44. The van der Waals surface area contributed by atoms with Crippen LogP contribution in [0.4, 0.5) is 0 Å². The highest BCUT2D eigenvalue weighted by Crippen LogP contribution is 2.21. The lowest BCUT2D eigenvalue weighted by Crippen LogP contribution is -2.35. The zero-order chi connectivity index (χ0) is 16.3. The van der Waals surface area contributed by atoms with Crippen LogP contribution in [0.3, 0.4) is 0 Å². The molecular weight excluding hydrogens is 284 g/mol. The predicted molar refractivity (Wildman–Crippen MR) is 83.0 cm³/mol. The fraction of sp³-hybridized carbons (Fsp3) is 0.625. The average molecular weight is 308 g/mol. The van der Waals surface area contributed by atoms with Crippen molar-refractivity contribution in [3.05, 3.63) is 28.2 Å². The first kappa shape index (κ1) is 16.5. The molecule has 122 valence electrons. The monoisotopic (exact) mass is 308 g/mol. The fourth-order valence-corrected chi connectivity index (χ4v) is 3.15. The van der Waals surface area contributed by atoms with Gasteiger partial charge in [-0.15, -0.1) is 0 Å². The van der Waals surface area contributed by atoms with Gasteiger partial charge in [-0.05, 0) is 31.7 Å². The van der Waals surface area contributed by atoms with Gasteiger partial charge in [0, 0.05) is 24.8 Å². The molecule has 2 heterocycles. The number of aromatic hydroxyl groups is 1. The lowest BCUT2D eigenvalue weighted by Gasteiger charge is -2.32. The molecule has 1 aliphatic rings. The zero-order valence-corrected chi connectivity index (χ0v) is 13.2. The Hall–Kier alpha value is -1.82. The largest absolute Gasteiger partial charge is 0.503 e. The first-order chi connectivity index (χ1) is 10.4. The van der Waals surface area contributed by atoms with Crippen LogP contribution in [-0.4, -0.2) is 38.7 Å². The molecule has 0 saturated carbocycles. The predicted octanol–water partition coefficient (Wildman–Crippen LogP) is 1.82. The Morgan fingerprint density at radius 3 is 2.82 bits per heavy atom. The number of nitrogens with zero attached hydrogens (tertiary/aromatic N) is 2. The van der Waals surface area contributed by atoms with Gasteiger partial charge in [-0.25, -0.2) is 4.79 Å². The number of hydrogen-bond donors (Lipinski definition) is 2. The number of aromatic nitrogens is 1. The number of carboxylic acid groups (broad SMARTS) is 1. The van der Waals surface area contributed by atoms with Crippen LogP contribution >= 0.6 is 0 Å².